The Bertz CT molecular complexity index is 218. The summed E-state index contributed by atoms with van der Waals surface area (Å²) in [5.41, 5.74) is 0.404. The van der Waals surface area contributed by atoms with E-state index < -0.39 is 14.0 Å². The Balaban J connectivity index is 4.10. The number of hydrogen-bond acceptors (Lipinski definition) is 3. The molecular weight excluding hydrogens is 196 g/mol. The molecule has 1 atom stereocenters. The smallest absolute Gasteiger partial charge is 0.293 e. The van der Waals surface area contributed by atoms with Crippen molar-refractivity contribution in [1.82, 2.24) is 0 Å². The van der Waals surface area contributed by atoms with Crippen molar-refractivity contribution >= 4 is 14.0 Å². The summed E-state index contributed by atoms with van der Waals surface area (Å²) in [6.45, 7) is 13.6. The van der Waals surface area contributed by atoms with Gasteiger partial charge in [0.2, 0.25) is 0 Å². The topological polar surface area (TPSA) is 35.5 Å². The Morgan fingerprint density at radius 3 is 2.21 bits per heavy atom. The van der Waals surface area contributed by atoms with Crippen LogP contribution in [-0.2, 0) is 14.6 Å². The van der Waals surface area contributed by atoms with Gasteiger partial charge in [-0.3, -0.25) is 4.89 Å². The summed E-state index contributed by atoms with van der Waals surface area (Å²) in [5.74, 6) is -0.485. The summed E-state index contributed by atoms with van der Waals surface area (Å²) in [6.07, 6.45) is 0.860. The van der Waals surface area contributed by atoms with Crippen molar-refractivity contribution in [3.8, 4) is 0 Å². The first kappa shape index (κ1) is 13.4. The van der Waals surface area contributed by atoms with Crippen LogP contribution in [0, 0.1) is 0 Å². The monoisotopic (exact) mass is 216 g/mol. The van der Waals surface area contributed by atoms with Crippen LogP contribution in [0.15, 0.2) is 12.2 Å². The van der Waals surface area contributed by atoms with Crippen LogP contribution in [0.4, 0.5) is 0 Å². The molecular formula is C10H20O3Si. The highest BCUT2D eigenvalue weighted by atomic mass is 28.3. The van der Waals surface area contributed by atoms with Crippen LogP contribution in [0.5, 0.6) is 0 Å². The fraction of sp³-hybridized carbons (Fsp3) is 0.700. The Labute approximate surface area is 87.0 Å². The quantitative estimate of drug-likeness (QED) is 0.307. The molecule has 4 heteroatoms. The molecule has 0 amide bonds. The van der Waals surface area contributed by atoms with E-state index in [1.54, 1.807) is 6.92 Å². The molecule has 1 unspecified atom stereocenters. The van der Waals surface area contributed by atoms with Crippen LogP contribution in [0.2, 0.25) is 19.6 Å². The van der Waals surface area contributed by atoms with Crippen molar-refractivity contribution in [3.63, 3.8) is 0 Å². The van der Waals surface area contributed by atoms with Gasteiger partial charge in [-0.15, -0.1) is 0 Å². The van der Waals surface area contributed by atoms with Crippen molar-refractivity contribution in [2.45, 2.75) is 45.6 Å². The molecule has 0 aliphatic heterocycles. The molecule has 0 aromatic carbocycles. The maximum atomic E-state index is 11.1. The molecule has 0 saturated carbocycles. The lowest BCUT2D eigenvalue weighted by atomic mass is 10.4. The van der Waals surface area contributed by atoms with Crippen LogP contribution < -0.4 is 0 Å². The van der Waals surface area contributed by atoms with Gasteiger partial charge in [-0.25, -0.2) is 4.79 Å². The Hall–Kier alpha value is -0.613. The number of rotatable bonds is 5. The SMILES string of the molecule is C=C(C)C(=O)OOC(CC)[Si](C)(C)C. The summed E-state index contributed by atoms with van der Waals surface area (Å²) in [5, 5.41) is 0. The highest BCUT2D eigenvalue weighted by Gasteiger charge is 2.28. The molecule has 0 aromatic rings. The molecule has 0 bridgehead atoms. The minimum absolute atomic E-state index is 0.0470. The van der Waals surface area contributed by atoms with E-state index in [9.17, 15) is 4.79 Å². The zero-order valence-electron chi connectivity index (χ0n) is 9.72. The maximum absolute atomic E-state index is 11.1. The van der Waals surface area contributed by atoms with Crippen molar-refractivity contribution in [2.75, 3.05) is 0 Å². The third-order valence-corrected chi connectivity index (χ3v) is 4.36. The second-order valence-electron chi connectivity index (χ2n) is 4.51. The van der Waals surface area contributed by atoms with Gasteiger partial charge in [-0.05, 0) is 13.3 Å². The molecule has 0 fully saturated rings. The normalized spacial score (nSPS) is 13.5. The average Bonchev–Trinajstić information content (AvgIpc) is 2.02. The first-order valence-corrected chi connectivity index (χ1v) is 8.40. The Kier molecular flexibility index (Phi) is 5.08. The second-order valence-corrected chi connectivity index (χ2v) is 9.89. The molecule has 0 aromatic heterocycles. The summed E-state index contributed by atoms with van der Waals surface area (Å²) < 4.78 is 0. The summed E-state index contributed by atoms with van der Waals surface area (Å²) in [4.78, 5) is 20.9. The predicted molar refractivity (Wildman–Crippen MR) is 59.4 cm³/mol. The van der Waals surface area contributed by atoms with E-state index in [2.05, 4.69) is 31.1 Å². The zero-order valence-corrected chi connectivity index (χ0v) is 10.7. The van der Waals surface area contributed by atoms with Gasteiger partial charge < -0.3 is 0 Å². The molecule has 0 aliphatic rings. The lowest BCUT2D eigenvalue weighted by Gasteiger charge is -2.25. The van der Waals surface area contributed by atoms with Crippen LogP contribution in [0.25, 0.3) is 0 Å². The van der Waals surface area contributed by atoms with E-state index in [-0.39, 0.29) is 5.73 Å². The van der Waals surface area contributed by atoms with E-state index >= 15 is 0 Å². The molecule has 0 spiro atoms. The third kappa shape index (κ3) is 4.57. The molecule has 0 aliphatic carbocycles. The van der Waals surface area contributed by atoms with Gasteiger partial charge in [0.1, 0.15) is 0 Å². The highest BCUT2D eigenvalue weighted by molar-refractivity contribution is 6.77. The van der Waals surface area contributed by atoms with Crippen molar-refractivity contribution < 1.29 is 14.6 Å². The summed E-state index contributed by atoms with van der Waals surface area (Å²) in [6, 6.07) is 0. The van der Waals surface area contributed by atoms with Gasteiger partial charge in [0.25, 0.3) is 0 Å². The molecule has 0 heterocycles. The van der Waals surface area contributed by atoms with Crippen LogP contribution in [0.1, 0.15) is 20.3 Å². The summed E-state index contributed by atoms with van der Waals surface area (Å²) in [7, 11) is -1.42. The number of carbonyl (C=O) groups excluding carboxylic acids is 1. The largest absolute Gasteiger partial charge is 0.368 e. The highest BCUT2D eigenvalue weighted by Crippen LogP contribution is 2.15. The fourth-order valence-corrected chi connectivity index (χ4v) is 2.56. The molecule has 0 radical (unpaired) electrons. The number of carbonyl (C=O) groups is 1. The van der Waals surface area contributed by atoms with E-state index in [1.165, 1.54) is 0 Å². The average molecular weight is 216 g/mol. The first-order chi connectivity index (χ1) is 6.29. The Morgan fingerprint density at radius 1 is 1.43 bits per heavy atom. The number of hydrogen-bond donors (Lipinski definition) is 0. The maximum Gasteiger partial charge on any atom is 0.368 e. The predicted octanol–water partition coefficient (Wildman–Crippen LogP) is 2.69. The third-order valence-electron chi connectivity index (χ3n) is 1.93. The molecule has 0 rings (SSSR count). The lowest BCUT2D eigenvalue weighted by Crippen LogP contribution is -2.40. The van der Waals surface area contributed by atoms with Crippen LogP contribution in [-0.4, -0.2) is 19.8 Å². The minimum atomic E-state index is -1.42. The van der Waals surface area contributed by atoms with Gasteiger partial charge >= 0.3 is 5.97 Å². The Morgan fingerprint density at radius 2 is 1.93 bits per heavy atom. The van der Waals surface area contributed by atoms with Crippen molar-refractivity contribution in [1.29, 1.82) is 0 Å². The second kappa shape index (κ2) is 5.31. The van der Waals surface area contributed by atoms with E-state index in [4.69, 9.17) is 4.89 Å². The molecule has 0 N–H and O–H groups in total. The van der Waals surface area contributed by atoms with Gasteiger partial charge in [0.05, 0.1) is 13.8 Å². The van der Waals surface area contributed by atoms with Gasteiger partial charge in [0.15, 0.2) is 0 Å². The van der Waals surface area contributed by atoms with E-state index in [1.807, 2.05) is 6.92 Å². The first-order valence-electron chi connectivity index (χ1n) is 4.82. The van der Waals surface area contributed by atoms with E-state index in [0.717, 1.165) is 6.42 Å². The fourth-order valence-electron chi connectivity index (χ4n) is 0.998. The standard InChI is InChI=1S/C10H20O3Si/c1-7-9(14(4,5)6)12-13-10(11)8(2)3/h9H,2,7H2,1,3-6H3. The summed E-state index contributed by atoms with van der Waals surface area (Å²) >= 11 is 0. The van der Waals surface area contributed by atoms with Gasteiger partial charge in [0, 0.05) is 5.57 Å². The van der Waals surface area contributed by atoms with Crippen molar-refractivity contribution in [2.24, 2.45) is 0 Å². The van der Waals surface area contributed by atoms with Crippen molar-refractivity contribution in [3.05, 3.63) is 12.2 Å². The minimum Gasteiger partial charge on any atom is -0.293 e. The van der Waals surface area contributed by atoms with Crippen LogP contribution in [0.3, 0.4) is 0 Å². The lowest BCUT2D eigenvalue weighted by molar-refractivity contribution is -0.280. The molecule has 14 heavy (non-hydrogen) atoms. The van der Waals surface area contributed by atoms with Crippen LogP contribution >= 0.6 is 0 Å². The molecule has 82 valence electrons. The van der Waals surface area contributed by atoms with E-state index in [0.29, 0.717) is 5.57 Å². The van der Waals surface area contributed by atoms with Gasteiger partial charge in [-0.2, -0.15) is 4.89 Å². The van der Waals surface area contributed by atoms with Gasteiger partial charge in [-0.1, -0.05) is 33.1 Å². The molecule has 3 nitrogen and oxygen atoms in total. The molecule has 0 saturated heterocycles. The zero-order chi connectivity index (χ0) is 11.4.